The zero-order valence-electron chi connectivity index (χ0n) is 6.69. The largest absolute Gasteiger partial charge is 0.198 e. The number of alkyl halides is 2. The first-order chi connectivity index (χ1) is 5.68. The lowest BCUT2D eigenvalue weighted by molar-refractivity contribution is 0.596. The highest BCUT2D eigenvalue weighted by atomic mass is 79.9. The van der Waals surface area contributed by atoms with Crippen LogP contribution in [0.5, 0.6) is 0 Å². The molecule has 0 bridgehead atoms. The Labute approximate surface area is 89.8 Å². The van der Waals surface area contributed by atoms with Crippen LogP contribution >= 0.6 is 31.9 Å². The van der Waals surface area contributed by atoms with Gasteiger partial charge in [-0.1, -0.05) is 31.9 Å². The van der Waals surface area contributed by atoms with E-state index in [0.717, 1.165) is 18.2 Å². The van der Waals surface area contributed by atoms with Crippen molar-refractivity contribution in [2.45, 2.75) is 30.0 Å². The van der Waals surface area contributed by atoms with Gasteiger partial charge in [0.2, 0.25) is 0 Å². The molecule has 66 valence electrons. The highest BCUT2D eigenvalue weighted by molar-refractivity contribution is 9.12. The van der Waals surface area contributed by atoms with Crippen LogP contribution in [0, 0.1) is 22.7 Å². The summed E-state index contributed by atoms with van der Waals surface area (Å²) >= 11 is 6.84. The molecule has 4 heteroatoms. The molecule has 0 spiro atoms. The Hall–Kier alpha value is -0.0600. The normalized spacial score (nSPS) is 14.3. The van der Waals surface area contributed by atoms with Crippen molar-refractivity contribution in [3.05, 3.63) is 0 Å². The predicted molar refractivity (Wildman–Crippen MR) is 55.1 cm³/mol. The van der Waals surface area contributed by atoms with Crippen LogP contribution in [0.3, 0.4) is 0 Å². The van der Waals surface area contributed by atoms with Crippen LogP contribution in [0.15, 0.2) is 0 Å². The second-order valence-electron chi connectivity index (χ2n) is 2.63. The van der Waals surface area contributed by atoms with Gasteiger partial charge in [-0.15, -0.1) is 0 Å². The smallest absolute Gasteiger partial charge is 0.0636 e. The van der Waals surface area contributed by atoms with E-state index in [-0.39, 0.29) is 4.32 Å². The molecule has 1 unspecified atom stereocenters. The summed E-state index contributed by atoms with van der Waals surface area (Å²) in [7, 11) is 0. The third-order valence-corrected chi connectivity index (χ3v) is 4.33. The van der Waals surface area contributed by atoms with E-state index in [1.54, 1.807) is 0 Å². The van der Waals surface area contributed by atoms with Crippen LogP contribution in [0.4, 0.5) is 0 Å². The van der Waals surface area contributed by atoms with Gasteiger partial charge < -0.3 is 0 Å². The maximum Gasteiger partial charge on any atom is 0.0636 e. The van der Waals surface area contributed by atoms with E-state index in [4.69, 9.17) is 10.5 Å². The highest BCUT2D eigenvalue weighted by Crippen LogP contribution is 2.30. The Balaban J connectivity index is 3.82. The molecule has 0 fully saturated rings. The second-order valence-corrected chi connectivity index (χ2v) is 4.87. The van der Waals surface area contributed by atoms with Gasteiger partial charge >= 0.3 is 0 Å². The molecule has 0 aliphatic carbocycles. The Morgan fingerprint density at radius 1 is 1.25 bits per heavy atom. The molecule has 12 heavy (non-hydrogen) atoms. The average molecular weight is 294 g/mol. The lowest BCUT2D eigenvalue weighted by atomic mass is 10.0. The van der Waals surface area contributed by atoms with Gasteiger partial charge in [0, 0.05) is 16.1 Å². The minimum Gasteiger partial charge on any atom is -0.198 e. The summed E-state index contributed by atoms with van der Waals surface area (Å²) in [5.41, 5.74) is 0. The van der Waals surface area contributed by atoms with Gasteiger partial charge in [-0.25, -0.2) is 0 Å². The second kappa shape index (κ2) is 6.46. The molecular weight excluding hydrogens is 284 g/mol. The molecule has 2 nitrogen and oxygen atoms in total. The van der Waals surface area contributed by atoms with Crippen molar-refractivity contribution in [1.82, 2.24) is 0 Å². The van der Waals surface area contributed by atoms with Crippen molar-refractivity contribution in [3.63, 3.8) is 0 Å². The molecule has 0 aromatic carbocycles. The summed E-state index contributed by atoms with van der Waals surface area (Å²) in [6.07, 6.45) is 2.74. The third kappa shape index (κ3) is 4.74. The maximum absolute atomic E-state index is 8.52. The summed E-state index contributed by atoms with van der Waals surface area (Å²) in [5, 5.41) is 17.6. The minimum atomic E-state index is -0.140. The fourth-order valence-corrected chi connectivity index (χ4v) is 1.71. The van der Waals surface area contributed by atoms with Crippen LogP contribution in [0.25, 0.3) is 0 Å². The molecule has 0 rings (SSSR count). The number of nitriles is 2. The van der Waals surface area contributed by atoms with Crippen molar-refractivity contribution < 1.29 is 0 Å². The predicted octanol–water partition coefficient (Wildman–Crippen LogP) is 3.12. The Bertz CT molecular complexity index is 204. The molecule has 0 N–H and O–H groups in total. The summed E-state index contributed by atoms with van der Waals surface area (Å²) in [6.45, 7) is 0. The summed E-state index contributed by atoms with van der Waals surface area (Å²) in [5.74, 6) is 0. The van der Waals surface area contributed by atoms with Gasteiger partial charge in [-0.2, -0.15) is 10.5 Å². The van der Waals surface area contributed by atoms with Crippen LogP contribution in [-0.2, 0) is 0 Å². The monoisotopic (exact) mass is 292 g/mol. The van der Waals surface area contributed by atoms with Crippen LogP contribution < -0.4 is 0 Å². The fraction of sp³-hybridized carbons (Fsp3) is 0.750. The van der Waals surface area contributed by atoms with Crippen molar-refractivity contribution in [3.8, 4) is 12.1 Å². The Morgan fingerprint density at radius 3 is 2.33 bits per heavy atom. The molecule has 0 aliphatic rings. The number of hydrogen-bond donors (Lipinski definition) is 0. The van der Waals surface area contributed by atoms with Gasteiger partial charge in [0.25, 0.3) is 0 Å². The summed E-state index contributed by atoms with van der Waals surface area (Å²) in [4.78, 5) is 0. The molecule has 0 radical (unpaired) electrons. The van der Waals surface area contributed by atoms with E-state index in [2.05, 4.69) is 44.0 Å². The highest BCUT2D eigenvalue weighted by Gasteiger charge is 2.24. The van der Waals surface area contributed by atoms with Gasteiger partial charge in [-0.05, 0) is 12.8 Å². The number of hydrogen-bond acceptors (Lipinski definition) is 2. The van der Waals surface area contributed by atoms with Crippen LogP contribution in [-0.4, -0.2) is 9.65 Å². The number of halogens is 2. The minimum absolute atomic E-state index is 0.140. The zero-order chi connectivity index (χ0) is 9.45. The zero-order valence-corrected chi connectivity index (χ0v) is 9.86. The molecule has 0 amide bonds. The molecule has 0 aromatic heterocycles. The number of nitrogens with zero attached hydrogens (tertiary/aromatic N) is 2. The van der Waals surface area contributed by atoms with Crippen molar-refractivity contribution >= 4 is 31.9 Å². The SMILES string of the molecule is N#CCCCC(Br)(CBr)CC#N. The first-order valence-electron chi connectivity index (χ1n) is 3.67. The molecule has 0 aromatic rings. The lowest BCUT2D eigenvalue weighted by Gasteiger charge is -2.20. The summed E-state index contributed by atoms with van der Waals surface area (Å²) in [6, 6.07) is 4.21. The van der Waals surface area contributed by atoms with E-state index in [1.807, 2.05) is 0 Å². The van der Waals surface area contributed by atoms with Gasteiger partial charge in [0.15, 0.2) is 0 Å². The first kappa shape index (κ1) is 11.9. The van der Waals surface area contributed by atoms with Gasteiger partial charge in [0.1, 0.15) is 0 Å². The van der Waals surface area contributed by atoms with E-state index in [0.29, 0.717) is 12.8 Å². The topological polar surface area (TPSA) is 47.6 Å². The summed E-state index contributed by atoms with van der Waals surface area (Å²) < 4.78 is -0.140. The van der Waals surface area contributed by atoms with E-state index in [9.17, 15) is 0 Å². The van der Waals surface area contributed by atoms with Crippen molar-refractivity contribution in [2.75, 3.05) is 5.33 Å². The van der Waals surface area contributed by atoms with Gasteiger partial charge in [0.05, 0.1) is 18.6 Å². The Morgan fingerprint density at radius 2 is 1.92 bits per heavy atom. The Kier molecular flexibility index (Phi) is 6.42. The van der Waals surface area contributed by atoms with Crippen LogP contribution in [0.1, 0.15) is 25.7 Å². The third-order valence-electron chi connectivity index (χ3n) is 1.55. The average Bonchev–Trinajstić information content (AvgIpc) is 2.06. The van der Waals surface area contributed by atoms with E-state index < -0.39 is 0 Å². The molecule has 0 saturated carbocycles. The molecule has 0 heterocycles. The standard InChI is InChI=1S/C8H10Br2N2/c9-7-8(10,4-6-12)3-1-2-5-11/h1-4,7H2. The molecular formula is C8H10Br2N2. The first-order valence-corrected chi connectivity index (χ1v) is 5.59. The van der Waals surface area contributed by atoms with E-state index in [1.165, 1.54) is 0 Å². The molecule has 1 atom stereocenters. The fourth-order valence-electron chi connectivity index (χ4n) is 0.828. The number of unbranched alkanes of at least 4 members (excludes halogenated alkanes) is 1. The van der Waals surface area contributed by atoms with Gasteiger partial charge in [-0.3, -0.25) is 0 Å². The quantitative estimate of drug-likeness (QED) is 0.577. The number of rotatable bonds is 5. The van der Waals surface area contributed by atoms with Crippen molar-refractivity contribution in [2.24, 2.45) is 0 Å². The van der Waals surface area contributed by atoms with Crippen molar-refractivity contribution in [1.29, 1.82) is 10.5 Å². The molecule has 0 saturated heterocycles. The lowest BCUT2D eigenvalue weighted by Crippen LogP contribution is -2.21. The molecule has 0 aliphatic heterocycles. The van der Waals surface area contributed by atoms with Crippen LogP contribution in [0.2, 0.25) is 0 Å². The maximum atomic E-state index is 8.52. The van der Waals surface area contributed by atoms with E-state index >= 15 is 0 Å².